The molecule has 5 heteroatoms. The molecular formula is C15H20FN3O. The number of nitrogens with zero attached hydrogens (tertiary/aromatic N) is 1. The third kappa shape index (κ3) is 2.55. The summed E-state index contributed by atoms with van der Waals surface area (Å²) in [5.74, 6) is 0.313. The summed E-state index contributed by atoms with van der Waals surface area (Å²) in [7, 11) is 0. The molecule has 1 atom stereocenters. The second kappa shape index (κ2) is 4.82. The lowest BCUT2D eigenvalue weighted by Crippen LogP contribution is -2.43. The minimum absolute atomic E-state index is 0.0177. The van der Waals surface area contributed by atoms with E-state index in [1.807, 2.05) is 0 Å². The number of halogens is 1. The van der Waals surface area contributed by atoms with Crippen molar-refractivity contribution in [1.29, 1.82) is 0 Å². The molecule has 0 saturated heterocycles. The maximum atomic E-state index is 13.6. The number of β-amino-alcohol motifs (C(OH)–C–C–N with tert-alkyl or cyclic N) is 1. The van der Waals surface area contributed by atoms with Gasteiger partial charge in [-0.25, -0.2) is 4.39 Å². The predicted molar refractivity (Wildman–Crippen MR) is 75.8 cm³/mol. The summed E-state index contributed by atoms with van der Waals surface area (Å²) in [6, 6.07) is 2.77. The van der Waals surface area contributed by atoms with Gasteiger partial charge < -0.3 is 10.4 Å². The second-order valence-electron chi connectivity index (χ2n) is 6.22. The number of benzene rings is 1. The Balaban J connectivity index is 1.78. The monoisotopic (exact) mass is 277 g/mol. The van der Waals surface area contributed by atoms with E-state index in [0.29, 0.717) is 23.5 Å². The maximum Gasteiger partial charge on any atom is 0.125 e. The highest BCUT2D eigenvalue weighted by molar-refractivity contribution is 5.82. The number of fused-ring (bicyclic) bond motifs is 1. The van der Waals surface area contributed by atoms with Crippen molar-refractivity contribution >= 4 is 10.9 Å². The average Bonchev–Trinajstić information content (AvgIpc) is 3.16. The Hall–Kier alpha value is -1.46. The zero-order chi connectivity index (χ0) is 14.3. The number of rotatable bonds is 5. The smallest absolute Gasteiger partial charge is 0.125 e. The van der Waals surface area contributed by atoms with Crippen LogP contribution in [0.2, 0.25) is 0 Å². The lowest BCUT2D eigenvalue weighted by molar-refractivity contribution is 0.158. The summed E-state index contributed by atoms with van der Waals surface area (Å²) < 4.78 is 13.6. The van der Waals surface area contributed by atoms with Gasteiger partial charge in [-0.15, -0.1) is 0 Å². The first-order valence-corrected chi connectivity index (χ1v) is 7.03. The fraction of sp³-hybridized carbons (Fsp3) is 0.533. The molecular weight excluding hydrogens is 257 g/mol. The van der Waals surface area contributed by atoms with Gasteiger partial charge in [-0.05, 0) is 50.3 Å². The fourth-order valence-electron chi connectivity index (χ4n) is 2.74. The largest absolute Gasteiger partial charge is 0.387 e. The van der Waals surface area contributed by atoms with E-state index in [9.17, 15) is 9.50 Å². The van der Waals surface area contributed by atoms with Crippen molar-refractivity contribution in [2.75, 3.05) is 6.54 Å². The molecule has 1 saturated carbocycles. The predicted octanol–water partition coefficient (Wildman–Crippen LogP) is 2.51. The van der Waals surface area contributed by atoms with Gasteiger partial charge >= 0.3 is 0 Å². The van der Waals surface area contributed by atoms with E-state index < -0.39 is 6.10 Å². The summed E-state index contributed by atoms with van der Waals surface area (Å²) >= 11 is 0. The molecule has 1 fully saturated rings. The quantitative estimate of drug-likeness (QED) is 0.787. The third-order valence-corrected chi connectivity index (χ3v) is 4.26. The van der Waals surface area contributed by atoms with Gasteiger partial charge in [0.2, 0.25) is 0 Å². The van der Waals surface area contributed by atoms with Gasteiger partial charge in [-0.2, -0.15) is 5.10 Å². The molecule has 20 heavy (non-hydrogen) atoms. The van der Waals surface area contributed by atoms with E-state index in [2.05, 4.69) is 29.4 Å². The molecule has 1 aromatic heterocycles. The van der Waals surface area contributed by atoms with Crippen LogP contribution in [0.3, 0.4) is 0 Å². The molecule has 0 unspecified atom stereocenters. The van der Waals surface area contributed by atoms with Crippen molar-refractivity contribution < 1.29 is 9.50 Å². The highest BCUT2D eigenvalue weighted by Crippen LogP contribution is 2.39. The normalized spacial score (nSPS) is 17.6. The average molecular weight is 277 g/mol. The summed E-state index contributed by atoms with van der Waals surface area (Å²) in [5.41, 5.74) is 1.21. The first-order valence-electron chi connectivity index (χ1n) is 7.03. The standard InChI is InChI=1S/C15H20FN3O/c1-15(2,9-3-4-9)17-8-14(20)11-5-10(16)6-13-12(11)7-18-19-13/h5-7,9,14,17,20H,3-4,8H2,1-2H3,(H,18,19)/t14-/m0/s1. The van der Waals surface area contributed by atoms with Crippen LogP contribution in [0, 0.1) is 11.7 Å². The van der Waals surface area contributed by atoms with E-state index in [0.717, 1.165) is 5.39 Å². The Labute approximate surface area is 117 Å². The zero-order valence-electron chi connectivity index (χ0n) is 11.8. The molecule has 1 aromatic carbocycles. The number of hydrogen-bond donors (Lipinski definition) is 3. The summed E-state index contributed by atoms with van der Waals surface area (Å²) in [6.07, 6.45) is 3.35. The van der Waals surface area contributed by atoms with Crippen molar-refractivity contribution in [2.45, 2.75) is 38.3 Å². The van der Waals surface area contributed by atoms with Crippen LogP contribution in [0.15, 0.2) is 18.3 Å². The number of aliphatic hydroxyl groups excluding tert-OH is 1. The molecule has 2 aromatic rings. The molecule has 0 amide bonds. The summed E-state index contributed by atoms with van der Waals surface area (Å²) in [5, 5.41) is 21.2. The van der Waals surface area contributed by atoms with Gasteiger partial charge in [0.15, 0.2) is 0 Å². The molecule has 1 heterocycles. The van der Waals surface area contributed by atoms with Gasteiger partial charge in [0.05, 0.1) is 17.8 Å². The molecule has 0 spiro atoms. The third-order valence-electron chi connectivity index (χ3n) is 4.26. The Bertz CT molecular complexity index is 619. The molecule has 3 N–H and O–H groups in total. The topological polar surface area (TPSA) is 60.9 Å². The van der Waals surface area contributed by atoms with Gasteiger partial charge in [0, 0.05) is 17.5 Å². The van der Waals surface area contributed by atoms with Gasteiger partial charge in [-0.3, -0.25) is 5.10 Å². The van der Waals surface area contributed by atoms with Crippen LogP contribution in [0.4, 0.5) is 4.39 Å². The molecule has 0 radical (unpaired) electrons. The molecule has 1 aliphatic carbocycles. The number of H-pyrrole nitrogens is 1. The number of nitrogens with one attached hydrogen (secondary N) is 2. The van der Waals surface area contributed by atoms with Crippen LogP contribution in [0.5, 0.6) is 0 Å². The fourth-order valence-corrected chi connectivity index (χ4v) is 2.74. The van der Waals surface area contributed by atoms with Crippen molar-refractivity contribution in [1.82, 2.24) is 15.5 Å². The Morgan fingerprint density at radius 2 is 2.25 bits per heavy atom. The molecule has 0 aliphatic heterocycles. The number of aromatic nitrogens is 2. The highest BCUT2D eigenvalue weighted by Gasteiger charge is 2.37. The molecule has 3 rings (SSSR count). The first kappa shape index (κ1) is 13.5. The second-order valence-corrected chi connectivity index (χ2v) is 6.22. The van der Waals surface area contributed by atoms with Crippen LogP contribution in [0.1, 0.15) is 38.4 Å². The van der Waals surface area contributed by atoms with Crippen molar-refractivity contribution in [3.63, 3.8) is 0 Å². The maximum absolute atomic E-state index is 13.6. The molecule has 4 nitrogen and oxygen atoms in total. The van der Waals surface area contributed by atoms with Crippen molar-refractivity contribution in [2.24, 2.45) is 5.92 Å². The van der Waals surface area contributed by atoms with Crippen LogP contribution in [-0.4, -0.2) is 27.4 Å². The number of aliphatic hydroxyl groups is 1. The lowest BCUT2D eigenvalue weighted by atomic mass is 9.97. The number of aromatic amines is 1. The van der Waals surface area contributed by atoms with E-state index in [1.165, 1.54) is 25.0 Å². The minimum atomic E-state index is -0.746. The Morgan fingerprint density at radius 3 is 2.95 bits per heavy atom. The molecule has 1 aliphatic rings. The molecule has 108 valence electrons. The van der Waals surface area contributed by atoms with E-state index in [1.54, 1.807) is 6.20 Å². The summed E-state index contributed by atoms with van der Waals surface area (Å²) in [6.45, 7) is 4.71. The Kier molecular flexibility index (Phi) is 3.26. The SMILES string of the molecule is CC(C)(NC[C@H](O)c1cc(F)cc2[nH]ncc12)C1CC1. The first-order chi connectivity index (χ1) is 9.47. The van der Waals surface area contributed by atoms with E-state index >= 15 is 0 Å². The van der Waals surface area contributed by atoms with Gasteiger partial charge in [-0.1, -0.05) is 0 Å². The number of hydrogen-bond acceptors (Lipinski definition) is 3. The van der Waals surface area contributed by atoms with Crippen LogP contribution in [0.25, 0.3) is 10.9 Å². The van der Waals surface area contributed by atoms with Crippen molar-refractivity contribution in [3.05, 3.63) is 29.7 Å². The van der Waals surface area contributed by atoms with E-state index in [4.69, 9.17) is 0 Å². The van der Waals surface area contributed by atoms with Gasteiger partial charge in [0.1, 0.15) is 5.82 Å². The molecule has 0 bridgehead atoms. The zero-order valence-corrected chi connectivity index (χ0v) is 11.8. The van der Waals surface area contributed by atoms with Crippen LogP contribution >= 0.6 is 0 Å². The van der Waals surface area contributed by atoms with Crippen LogP contribution in [-0.2, 0) is 0 Å². The lowest BCUT2D eigenvalue weighted by Gasteiger charge is -2.28. The van der Waals surface area contributed by atoms with Crippen molar-refractivity contribution in [3.8, 4) is 0 Å². The summed E-state index contributed by atoms with van der Waals surface area (Å²) in [4.78, 5) is 0. The van der Waals surface area contributed by atoms with E-state index in [-0.39, 0.29) is 11.4 Å². The highest BCUT2D eigenvalue weighted by atomic mass is 19.1. The van der Waals surface area contributed by atoms with Gasteiger partial charge in [0.25, 0.3) is 0 Å². The van der Waals surface area contributed by atoms with Crippen LogP contribution < -0.4 is 5.32 Å². The minimum Gasteiger partial charge on any atom is -0.387 e. The Morgan fingerprint density at radius 1 is 1.50 bits per heavy atom.